The fourth-order valence-electron chi connectivity index (χ4n) is 1.67. The van der Waals surface area contributed by atoms with Crippen molar-refractivity contribution in [3.05, 3.63) is 73.8 Å². The lowest BCUT2D eigenvalue weighted by Gasteiger charge is -1.98. The molecule has 2 aromatic carbocycles. The van der Waals surface area contributed by atoms with E-state index < -0.39 is 4.92 Å². The topological polar surface area (TPSA) is 107 Å². The van der Waals surface area contributed by atoms with Gasteiger partial charge in [0.15, 0.2) is 0 Å². The molecule has 0 saturated heterocycles. The van der Waals surface area contributed by atoms with Crippen LogP contribution in [0.25, 0.3) is 0 Å². The van der Waals surface area contributed by atoms with E-state index in [2.05, 4.69) is 0 Å². The van der Waals surface area contributed by atoms with E-state index in [1.54, 1.807) is 26.0 Å². The molecule has 0 saturated carbocycles. The first-order valence-electron chi connectivity index (χ1n) is 5.97. The minimum absolute atomic E-state index is 0.0159. The van der Waals surface area contributed by atoms with Gasteiger partial charge in [-0.15, -0.1) is 0 Å². The highest BCUT2D eigenvalue weighted by atomic mass is 16.6. The Kier molecular flexibility index (Phi) is 5.36. The maximum absolute atomic E-state index is 10.4. The fourth-order valence-corrected chi connectivity index (χ4v) is 1.67. The van der Waals surface area contributed by atoms with Crippen LogP contribution in [-0.2, 0) is 0 Å². The molecule has 7 nitrogen and oxygen atoms in total. The maximum Gasteiger partial charge on any atom is 0.275 e. The van der Waals surface area contributed by atoms with Gasteiger partial charge in [-0.25, -0.2) is 0 Å². The number of nitrogens with zero attached hydrogens (tertiary/aromatic N) is 2. The van der Waals surface area contributed by atoms with Crippen molar-refractivity contribution in [2.75, 3.05) is 0 Å². The van der Waals surface area contributed by atoms with Gasteiger partial charge in [-0.05, 0) is 26.0 Å². The molecule has 0 unspecified atom stereocenters. The number of hydrogen-bond donors (Lipinski definition) is 1. The predicted octanol–water partition coefficient (Wildman–Crippen LogP) is 3.51. The van der Waals surface area contributed by atoms with Gasteiger partial charge in [0.05, 0.1) is 9.85 Å². The van der Waals surface area contributed by atoms with E-state index in [-0.39, 0.29) is 22.0 Å². The summed E-state index contributed by atoms with van der Waals surface area (Å²) in [6.07, 6.45) is 0. The molecule has 0 heterocycles. The molecule has 0 aliphatic rings. The summed E-state index contributed by atoms with van der Waals surface area (Å²) in [6.45, 7) is 3.48. The number of benzene rings is 2. The molecule has 0 atom stereocenters. The lowest BCUT2D eigenvalue weighted by atomic mass is 10.1. The Hall–Kier alpha value is -2.96. The molecule has 1 N–H and O–H groups in total. The highest BCUT2D eigenvalue weighted by Gasteiger charge is 2.12. The number of para-hydroxylation sites is 1. The Morgan fingerprint density at radius 3 is 1.67 bits per heavy atom. The predicted molar refractivity (Wildman–Crippen MR) is 77.3 cm³/mol. The maximum atomic E-state index is 10.4. The van der Waals surface area contributed by atoms with Crippen LogP contribution in [0.1, 0.15) is 11.1 Å². The van der Waals surface area contributed by atoms with Gasteiger partial charge in [-0.2, -0.15) is 0 Å². The van der Waals surface area contributed by atoms with Crippen LogP contribution in [0.3, 0.4) is 0 Å². The van der Waals surface area contributed by atoms with E-state index in [0.717, 1.165) is 11.1 Å². The first-order valence-corrected chi connectivity index (χ1v) is 5.97. The number of phenolic OH excluding ortho intramolecular Hbond substituents is 1. The Labute approximate surface area is 120 Å². The van der Waals surface area contributed by atoms with Crippen LogP contribution in [-0.4, -0.2) is 15.0 Å². The molecule has 0 amide bonds. The van der Waals surface area contributed by atoms with Crippen molar-refractivity contribution in [3.8, 4) is 5.75 Å². The molecule has 0 aromatic heterocycles. The summed E-state index contributed by atoms with van der Waals surface area (Å²) in [4.78, 5) is 19.6. The van der Waals surface area contributed by atoms with E-state index >= 15 is 0 Å². The molecular weight excluding hydrogens is 276 g/mol. The smallest absolute Gasteiger partial charge is 0.275 e. The number of non-ortho nitro benzene ring substituents is 1. The third-order valence-corrected chi connectivity index (χ3v) is 2.68. The zero-order valence-electron chi connectivity index (χ0n) is 11.5. The SMILES string of the molecule is Cc1cccc(C)c1[N+](=O)[O-].O=[N+]([O-])c1ccc(O)cc1. The van der Waals surface area contributed by atoms with Crippen molar-refractivity contribution in [3.63, 3.8) is 0 Å². The van der Waals surface area contributed by atoms with Gasteiger partial charge in [-0.1, -0.05) is 18.2 Å². The molecule has 0 aliphatic heterocycles. The van der Waals surface area contributed by atoms with E-state index in [1.165, 1.54) is 24.3 Å². The normalized spacial score (nSPS) is 9.43. The van der Waals surface area contributed by atoms with Gasteiger partial charge in [-0.3, -0.25) is 20.2 Å². The number of aryl methyl sites for hydroxylation is 2. The average Bonchev–Trinajstić information content (AvgIpc) is 2.39. The second-order valence-electron chi connectivity index (χ2n) is 4.27. The van der Waals surface area contributed by atoms with Crippen molar-refractivity contribution < 1.29 is 15.0 Å². The summed E-state index contributed by atoms with van der Waals surface area (Å²) in [5, 5.41) is 29.2. The fraction of sp³-hybridized carbons (Fsp3) is 0.143. The van der Waals surface area contributed by atoms with Crippen LogP contribution in [0.2, 0.25) is 0 Å². The molecule has 21 heavy (non-hydrogen) atoms. The number of nitro groups is 2. The Morgan fingerprint density at radius 1 is 0.857 bits per heavy atom. The van der Waals surface area contributed by atoms with Crippen molar-refractivity contribution in [1.29, 1.82) is 0 Å². The molecule has 110 valence electrons. The molecule has 0 fully saturated rings. The summed E-state index contributed by atoms with van der Waals surface area (Å²) in [7, 11) is 0. The van der Waals surface area contributed by atoms with Gasteiger partial charge >= 0.3 is 0 Å². The number of nitro benzene ring substituents is 2. The zero-order chi connectivity index (χ0) is 16.0. The molecule has 0 radical (unpaired) electrons. The molecule has 7 heteroatoms. The van der Waals surface area contributed by atoms with Crippen LogP contribution >= 0.6 is 0 Å². The third kappa shape index (κ3) is 4.57. The Bertz CT molecular complexity index is 633. The van der Waals surface area contributed by atoms with Gasteiger partial charge in [0.25, 0.3) is 11.4 Å². The van der Waals surface area contributed by atoms with Crippen molar-refractivity contribution in [1.82, 2.24) is 0 Å². The number of hydrogen-bond acceptors (Lipinski definition) is 5. The number of aromatic hydroxyl groups is 1. The summed E-state index contributed by atoms with van der Waals surface area (Å²) in [5.41, 5.74) is 1.65. The first kappa shape index (κ1) is 16.1. The highest BCUT2D eigenvalue weighted by Crippen LogP contribution is 2.21. The minimum Gasteiger partial charge on any atom is -0.508 e. The molecule has 0 aliphatic carbocycles. The standard InChI is InChI=1S/C8H9NO2.C6H5NO3/c1-6-4-3-5-7(2)8(6)9(10)11;8-6-3-1-5(2-4-6)7(9)10/h3-5H,1-2H3;1-4,8H. The van der Waals surface area contributed by atoms with Crippen molar-refractivity contribution in [2.24, 2.45) is 0 Å². The van der Waals surface area contributed by atoms with Crippen LogP contribution in [0, 0.1) is 34.1 Å². The van der Waals surface area contributed by atoms with Crippen molar-refractivity contribution in [2.45, 2.75) is 13.8 Å². The Balaban J connectivity index is 0.000000211. The van der Waals surface area contributed by atoms with E-state index in [4.69, 9.17) is 5.11 Å². The largest absolute Gasteiger partial charge is 0.508 e. The van der Waals surface area contributed by atoms with Crippen molar-refractivity contribution >= 4 is 11.4 Å². The molecule has 2 aromatic rings. The van der Waals surface area contributed by atoms with E-state index in [9.17, 15) is 20.2 Å². The van der Waals surface area contributed by atoms with Crippen LogP contribution < -0.4 is 0 Å². The number of rotatable bonds is 2. The van der Waals surface area contributed by atoms with Gasteiger partial charge in [0.2, 0.25) is 0 Å². The third-order valence-electron chi connectivity index (χ3n) is 2.68. The highest BCUT2D eigenvalue weighted by molar-refractivity contribution is 5.45. The lowest BCUT2D eigenvalue weighted by molar-refractivity contribution is -0.386. The van der Waals surface area contributed by atoms with Gasteiger partial charge in [0.1, 0.15) is 5.75 Å². The summed E-state index contributed by atoms with van der Waals surface area (Å²) in [5.74, 6) is 0.0330. The molecule has 0 spiro atoms. The average molecular weight is 290 g/mol. The molecular formula is C14H14N2O5. The van der Waals surface area contributed by atoms with E-state index in [1.807, 2.05) is 6.07 Å². The second-order valence-corrected chi connectivity index (χ2v) is 4.27. The van der Waals surface area contributed by atoms with E-state index in [0.29, 0.717) is 0 Å². The first-order chi connectivity index (χ1) is 9.82. The quantitative estimate of drug-likeness (QED) is 0.672. The summed E-state index contributed by atoms with van der Waals surface area (Å²) >= 11 is 0. The van der Waals surface area contributed by atoms with Crippen LogP contribution in [0.15, 0.2) is 42.5 Å². The summed E-state index contributed by atoms with van der Waals surface area (Å²) < 4.78 is 0. The minimum atomic E-state index is -0.514. The molecule has 2 rings (SSSR count). The van der Waals surface area contributed by atoms with Gasteiger partial charge in [0, 0.05) is 23.3 Å². The number of phenols is 1. The molecule has 0 bridgehead atoms. The van der Waals surface area contributed by atoms with Crippen LogP contribution in [0.5, 0.6) is 5.75 Å². The zero-order valence-corrected chi connectivity index (χ0v) is 11.5. The Morgan fingerprint density at radius 2 is 1.33 bits per heavy atom. The second kappa shape index (κ2) is 6.99. The van der Waals surface area contributed by atoms with Gasteiger partial charge < -0.3 is 5.11 Å². The summed E-state index contributed by atoms with van der Waals surface area (Å²) in [6, 6.07) is 10.3. The lowest BCUT2D eigenvalue weighted by Crippen LogP contribution is -1.93. The monoisotopic (exact) mass is 290 g/mol. The van der Waals surface area contributed by atoms with Crippen LogP contribution in [0.4, 0.5) is 11.4 Å².